The van der Waals surface area contributed by atoms with Gasteiger partial charge < -0.3 is 23.9 Å². The van der Waals surface area contributed by atoms with E-state index >= 15 is 0 Å². The largest absolute Gasteiger partial charge is 0.497 e. The first-order valence-electron chi connectivity index (χ1n) is 12.8. The van der Waals surface area contributed by atoms with Gasteiger partial charge >= 0.3 is 0 Å². The molecule has 0 unspecified atom stereocenters. The molecule has 0 aliphatic carbocycles. The van der Waals surface area contributed by atoms with E-state index in [2.05, 4.69) is 22.3 Å². The lowest BCUT2D eigenvalue weighted by Gasteiger charge is -2.29. The zero-order valence-electron chi connectivity index (χ0n) is 22.2. The molecule has 0 fully saturated rings. The fourth-order valence-corrected chi connectivity index (χ4v) is 4.93. The molecule has 1 aliphatic heterocycles. The second kappa shape index (κ2) is 10.7. The van der Waals surface area contributed by atoms with Gasteiger partial charge in [0.15, 0.2) is 22.9 Å². The van der Waals surface area contributed by atoms with E-state index in [9.17, 15) is 0 Å². The maximum Gasteiger partial charge on any atom is 0.226 e. The standard InChI is InChI=1S/C29H30N6O4/c1-36-23-8-7-20-10-11-34(17-21(20)14-23)18-22-16-31-29(30-15-19-6-9-24(37-2)26(13-19)38-3)35-28(22)32-27(33-35)25-5-4-12-39-25/h4-9,12-14,16H,10-11,15,17-18H2,1-3H3,(H,30,31). The van der Waals surface area contributed by atoms with Crippen molar-refractivity contribution >= 4 is 11.6 Å². The van der Waals surface area contributed by atoms with E-state index in [-0.39, 0.29) is 0 Å². The minimum absolute atomic E-state index is 0.511. The maximum atomic E-state index is 5.59. The fraction of sp³-hybridized carbons (Fsp3) is 0.276. The van der Waals surface area contributed by atoms with Gasteiger partial charge in [-0.25, -0.2) is 9.97 Å². The third-order valence-electron chi connectivity index (χ3n) is 6.98. The number of benzene rings is 2. The van der Waals surface area contributed by atoms with Crippen LogP contribution >= 0.6 is 0 Å². The van der Waals surface area contributed by atoms with Gasteiger partial charge in [-0.2, -0.15) is 4.52 Å². The minimum Gasteiger partial charge on any atom is -0.497 e. The third kappa shape index (κ3) is 4.98. The first-order valence-corrected chi connectivity index (χ1v) is 12.8. The van der Waals surface area contributed by atoms with Crippen molar-refractivity contribution in [1.82, 2.24) is 24.5 Å². The topological polar surface area (TPSA) is 99.2 Å². The SMILES string of the molecule is COc1ccc2c(c1)CN(Cc1cnc(NCc3ccc(OC)c(OC)c3)n3nc(-c4ccco4)nc13)CC2. The molecule has 0 amide bonds. The van der Waals surface area contributed by atoms with Gasteiger partial charge in [-0.1, -0.05) is 12.1 Å². The molecule has 1 N–H and O–H groups in total. The summed E-state index contributed by atoms with van der Waals surface area (Å²) in [4.78, 5) is 12.0. The fourth-order valence-electron chi connectivity index (χ4n) is 4.93. The number of rotatable bonds is 9. The molecule has 39 heavy (non-hydrogen) atoms. The lowest BCUT2D eigenvalue weighted by molar-refractivity contribution is 0.245. The van der Waals surface area contributed by atoms with Crippen molar-refractivity contribution in [3.05, 3.63) is 83.2 Å². The predicted molar refractivity (Wildman–Crippen MR) is 146 cm³/mol. The number of nitrogens with zero attached hydrogens (tertiary/aromatic N) is 5. The predicted octanol–water partition coefficient (Wildman–Crippen LogP) is 4.58. The smallest absolute Gasteiger partial charge is 0.226 e. The second-order valence-corrected chi connectivity index (χ2v) is 9.39. The number of furan rings is 1. The Kier molecular flexibility index (Phi) is 6.76. The Morgan fingerprint density at radius 2 is 1.87 bits per heavy atom. The van der Waals surface area contributed by atoms with Crippen LogP contribution in [0.2, 0.25) is 0 Å². The Balaban J connectivity index is 1.29. The second-order valence-electron chi connectivity index (χ2n) is 9.39. The van der Waals surface area contributed by atoms with E-state index in [1.54, 1.807) is 32.1 Å². The van der Waals surface area contributed by atoms with E-state index in [1.807, 2.05) is 42.6 Å². The molecule has 1 aliphatic rings. The Labute approximate surface area is 226 Å². The van der Waals surface area contributed by atoms with Crippen molar-refractivity contribution in [1.29, 1.82) is 0 Å². The van der Waals surface area contributed by atoms with Crippen molar-refractivity contribution in [3.8, 4) is 28.8 Å². The van der Waals surface area contributed by atoms with Gasteiger partial charge in [0, 0.05) is 37.9 Å². The first-order chi connectivity index (χ1) is 19.1. The summed E-state index contributed by atoms with van der Waals surface area (Å²) in [5, 5.41) is 8.15. The molecule has 200 valence electrons. The van der Waals surface area contributed by atoms with Gasteiger partial charge in [0.2, 0.25) is 11.8 Å². The minimum atomic E-state index is 0.511. The highest BCUT2D eigenvalue weighted by Crippen LogP contribution is 2.29. The van der Waals surface area contributed by atoms with Crippen molar-refractivity contribution < 1.29 is 18.6 Å². The van der Waals surface area contributed by atoms with Crippen molar-refractivity contribution in [2.24, 2.45) is 0 Å². The monoisotopic (exact) mass is 526 g/mol. The number of nitrogens with one attached hydrogen (secondary N) is 1. The van der Waals surface area contributed by atoms with E-state index in [1.165, 1.54) is 11.1 Å². The molecule has 0 saturated heterocycles. The lowest BCUT2D eigenvalue weighted by atomic mass is 9.99. The molecule has 0 saturated carbocycles. The first kappa shape index (κ1) is 24.7. The Hall–Kier alpha value is -4.57. The van der Waals surface area contributed by atoms with Crippen LogP contribution in [0, 0.1) is 0 Å². The van der Waals surface area contributed by atoms with Crippen LogP contribution in [-0.4, -0.2) is 52.4 Å². The van der Waals surface area contributed by atoms with Gasteiger partial charge in [0.25, 0.3) is 0 Å². The molecule has 6 rings (SSSR count). The number of anilines is 1. The van der Waals surface area contributed by atoms with Crippen LogP contribution in [0.3, 0.4) is 0 Å². The van der Waals surface area contributed by atoms with Crippen molar-refractivity contribution in [3.63, 3.8) is 0 Å². The summed E-state index contributed by atoms with van der Waals surface area (Å²) in [5.74, 6) is 3.94. The molecule has 10 nitrogen and oxygen atoms in total. The third-order valence-corrected chi connectivity index (χ3v) is 6.98. The number of hydrogen-bond donors (Lipinski definition) is 1. The molecule has 0 radical (unpaired) electrons. The van der Waals surface area contributed by atoms with Gasteiger partial charge in [-0.05, 0) is 59.5 Å². The Morgan fingerprint density at radius 1 is 0.974 bits per heavy atom. The van der Waals surface area contributed by atoms with E-state index in [0.29, 0.717) is 42.1 Å². The molecule has 3 aromatic heterocycles. The number of ether oxygens (including phenoxy) is 3. The quantitative estimate of drug-likeness (QED) is 0.296. The molecule has 10 heteroatoms. The normalized spacial score (nSPS) is 13.3. The highest BCUT2D eigenvalue weighted by molar-refractivity contribution is 5.58. The van der Waals surface area contributed by atoms with E-state index in [4.69, 9.17) is 33.7 Å². The number of methoxy groups -OCH3 is 3. The van der Waals surface area contributed by atoms with Gasteiger partial charge in [0.1, 0.15) is 5.75 Å². The van der Waals surface area contributed by atoms with Crippen LogP contribution in [0.1, 0.15) is 22.3 Å². The van der Waals surface area contributed by atoms with Crippen LogP contribution in [0.5, 0.6) is 17.2 Å². The number of hydrogen-bond acceptors (Lipinski definition) is 9. The number of aromatic nitrogens is 4. The zero-order valence-corrected chi connectivity index (χ0v) is 22.2. The van der Waals surface area contributed by atoms with E-state index in [0.717, 1.165) is 42.0 Å². The van der Waals surface area contributed by atoms with Crippen LogP contribution < -0.4 is 19.5 Å². The van der Waals surface area contributed by atoms with E-state index < -0.39 is 0 Å². The molecule has 0 bridgehead atoms. The highest BCUT2D eigenvalue weighted by atomic mass is 16.5. The van der Waals surface area contributed by atoms with Gasteiger partial charge in [-0.3, -0.25) is 4.90 Å². The highest BCUT2D eigenvalue weighted by Gasteiger charge is 2.21. The van der Waals surface area contributed by atoms with Gasteiger partial charge in [-0.15, -0.1) is 5.10 Å². The molecule has 4 heterocycles. The molecule has 0 atom stereocenters. The van der Waals surface area contributed by atoms with Crippen LogP contribution in [0.25, 0.3) is 17.2 Å². The molecule has 0 spiro atoms. The van der Waals surface area contributed by atoms with Crippen LogP contribution in [0.15, 0.2) is 65.4 Å². The molecular weight excluding hydrogens is 496 g/mol. The van der Waals surface area contributed by atoms with Crippen LogP contribution in [-0.2, 0) is 26.1 Å². The summed E-state index contributed by atoms with van der Waals surface area (Å²) in [7, 11) is 4.95. The molecular formula is C29H30N6O4. The van der Waals surface area contributed by atoms with Crippen molar-refractivity contribution in [2.75, 3.05) is 33.2 Å². The summed E-state index contributed by atoms with van der Waals surface area (Å²) >= 11 is 0. The summed E-state index contributed by atoms with van der Waals surface area (Å²) in [6, 6.07) is 15.8. The Bertz CT molecular complexity index is 1600. The average Bonchev–Trinajstić information content (AvgIpc) is 3.67. The summed E-state index contributed by atoms with van der Waals surface area (Å²) in [6.45, 7) is 2.99. The lowest BCUT2D eigenvalue weighted by Crippen LogP contribution is -2.30. The summed E-state index contributed by atoms with van der Waals surface area (Å²) < 4.78 is 23.6. The summed E-state index contributed by atoms with van der Waals surface area (Å²) in [5.41, 5.74) is 5.40. The zero-order chi connectivity index (χ0) is 26.8. The summed E-state index contributed by atoms with van der Waals surface area (Å²) in [6.07, 6.45) is 4.49. The van der Waals surface area contributed by atoms with Crippen molar-refractivity contribution in [2.45, 2.75) is 26.1 Å². The average molecular weight is 527 g/mol. The molecule has 2 aromatic carbocycles. The van der Waals surface area contributed by atoms with Gasteiger partial charge in [0.05, 0.1) is 27.6 Å². The van der Waals surface area contributed by atoms with Crippen LogP contribution in [0.4, 0.5) is 5.95 Å². The number of fused-ring (bicyclic) bond motifs is 2. The molecule has 5 aromatic rings. The Morgan fingerprint density at radius 3 is 2.67 bits per heavy atom. The maximum absolute atomic E-state index is 5.59.